The first kappa shape index (κ1) is 13.1. The number of aryl methyl sites for hydroxylation is 2. The maximum absolute atomic E-state index is 9.76. The second-order valence-corrected chi connectivity index (χ2v) is 4.45. The molecule has 2 rings (SSSR count). The van der Waals surface area contributed by atoms with Gasteiger partial charge in [0.25, 0.3) is 0 Å². The zero-order chi connectivity index (χ0) is 13.8. The molecule has 0 bridgehead atoms. The molecular weight excluding hydrogens is 238 g/mol. The molecule has 0 heterocycles. The van der Waals surface area contributed by atoms with E-state index in [0.717, 1.165) is 5.69 Å². The van der Waals surface area contributed by atoms with Gasteiger partial charge < -0.3 is 9.84 Å². The number of hydrogen-bond donors (Lipinski definition) is 1. The molecule has 1 N–H and O–H groups in total. The normalized spacial score (nSPS) is 10.9. The molecule has 19 heavy (non-hydrogen) atoms. The van der Waals surface area contributed by atoms with Crippen molar-refractivity contribution in [1.29, 1.82) is 0 Å². The van der Waals surface area contributed by atoms with E-state index < -0.39 is 0 Å². The molecule has 0 aliphatic heterocycles. The lowest BCUT2D eigenvalue weighted by atomic mass is 10.1. The predicted molar refractivity (Wildman–Crippen MR) is 77.8 cm³/mol. The van der Waals surface area contributed by atoms with Gasteiger partial charge in [0.2, 0.25) is 0 Å². The van der Waals surface area contributed by atoms with Crippen LogP contribution in [0.5, 0.6) is 11.5 Å². The van der Waals surface area contributed by atoms with Crippen molar-refractivity contribution in [2.24, 2.45) is 4.99 Å². The van der Waals surface area contributed by atoms with Crippen LogP contribution in [0.3, 0.4) is 0 Å². The van der Waals surface area contributed by atoms with Crippen LogP contribution in [0.15, 0.2) is 41.4 Å². The molecule has 0 saturated heterocycles. The van der Waals surface area contributed by atoms with E-state index in [2.05, 4.69) is 18.8 Å². The molecule has 2 aromatic rings. The number of ether oxygens (including phenoxy) is 1. The van der Waals surface area contributed by atoms with Gasteiger partial charge in [-0.2, -0.15) is 0 Å². The van der Waals surface area contributed by atoms with Crippen LogP contribution >= 0.6 is 0 Å². The van der Waals surface area contributed by atoms with Gasteiger partial charge in [-0.15, -0.1) is 0 Å². The largest absolute Gasteiger partial charge is 0.507 e. The summed E-state index contributed by atoms with van der Waals surface area (Å²) in [4.78, 5) is 4.37. The lowest BCUT2D eigenvalue weighted by molar-refractivity contribution is 0.412. The van der Waals surface area contributed by atoms with E-state index >= 15 is 0 Å². The molecule has 0 spiro atoms. The zero-order valence-corrected chi connectivity index (χ0v) is 11.3. The van der Waals surface area contributed by atoms with Crippen LogP contribution < -0.4 is 4.74 Å². The number of methoxy groups -OCH3 is 1. The highest BCUT2D eigenvalue weighted by atomic mass is 16.5. The van der Waals surface area contributed by atoms with Gasteiger partial charge in [0, 0.05) is 11.8 Å². The Kier molecular flexibility index (Phi) is 3.85. The Morgan fingerprint density at radius 2 is 1.84 bits per heavy atom. The summed E-state index contributed by atoms with van der Waals surface area (Å²) in [5.41, 5.74) is 3.94. The Morgan fingerprint density at radius 1 is 1.05 bits per heavy atom. The van der Waals surface area contributed by atoms with E-state index in [0.29, 0.717) is 11.3 Å². The number of benzene rings is 2. The fraction of sp³-hybridized carbons (Fsp3) is 0.188. The molecule has 2 aromatic carbocycles. The minimum absolute atomic E-state index is 0.188. The maximum Gasteiger partial charge on any atom is 0.124 e. The van der Waals surface area contributed by atoms with Crippen LogP contribution in [-0.2, 0) is 0 Å². The van der Waals surface area contributed by atoms with Crippen LogP contribution in [0.25, 0.3) is 0 Å². The molecule has 3 heteroatoms. The fourth-order valence-corrected chi connectivity index (χ4v) is 1.71. The summed E-state index contributed by atoms with van der Waals surface area (Å²) in [6.07, 6.45) is 1.64. The first-order valence-corrected chi connectivity index (χ1v) is 6.08. The van der Waals surface area contributed by atoms with Crippen LogP contribution in [0, 0.1) is 13.8 Å². The van der Waals surface area contributed by atoms with Crippen molar-refractivity contribution >= 4 is 11.9 Å². The summed E-state index contributed by atoms with van der Waals surface area (Å²) in [6.45, 7) is 4.12. The van der Waals surface area contributed by atoms with Crippen LogP contribution in [0.4, 0.5) is 5.69 Å². The van der Waals surface area contributed by atoms with E-state index in [1.165, 1.54) is 11.1 Å². The SMILES string of the molecule is COc1ccc(O)c(C=Nc2ccc(C)c(C)c2)c1. The standard InChI is InChI=1S/C16H17NO2/c1-11-4-5-14(8-12(11)2)17-10-13-9-15(19-3)6-7-16(13)18/h4-10,18H,1-3H3. The smallest absolute Gasteiger partial charge is 0.124 e. The molecule has 3 nitrogen and oxygen atoms in total. The molecule has 0 aromatic heterocycles. The van der Waals surface area contributed by atoms with Crippen molar-refractivity contribution in [2.45, 2.75) is 13.8 Å². The lowest BCUT2D eigenvalue weighted by Gasteiger charge is -2.03. The summed E-state index contributed by atoms with van der Waals surface area (Å²) in [5, 5.41) is 9.76. The molecule has 0 aliphatic carbocycles. The van der Waals surface area contributed by atoms with Crippen LogP contribution in [0.2, 0.25) is 0 Å². The zero-order valence-electron chi connectivity index (χ0n) is 11.3. The van der Waals surface area contributed by atoms with Gasteiger partial charge in [0.05, 0.1) is 12.8 Å². The summed E-state index contributed by atoms with van der Waals surface area (Å²) < 4.78 is 5.12. The third-order valence-corrected chi connectivity index (χ3v) is 3.08. The first-order chi connectivity index (χ1) is 9.10. The van der Waals surface area contributed by atoms with Crippen molar-refractivity contribution in [3.05, 3.63) is 53.1 Å². The van der Waals surface area contributed by atoms with Crippen LogP contribution in [0.1, 0.15) is 16.7 Å². The molecule has 0 radical (unpaired) electrons. The second-order valence-electron chi connectivity index (χ2n) is 4.45. The van der Waals surface area contributed by atoms with E-state index in [9.17, 15) is 5.11 Å². The molecule has 0 unspecified atom stereocenters. The number of hydrogen-bond acceptors (Lipinski definition) is 3. The van der Waals surface area contributed by atoms with Crippen molar-refractivity contribution in [1.82, 2.24) is 0 Å². The molecule has 0 saturated carbocycles. The Balaban J connectivity index is 2.29. The monoisotopic (exact) mass is 255 g/mol. The third-order valence-electron chi connectivity index (χ3n) is 3.08. The maximum atomic E-state index is 9.76. The number of aromatic hydroxyl groups is 1. The molecule has 0 aliphatic rings. The number of phenols is 1. The second kappa shape index (κ2) is 5.57. The average Bonchev–Trinajstić information content (AvgIpc) is 2.41. The van der Waals surface area contributed by atoms with E-state index in [1.807, 2.05) is 18.2 Å². The number of aliphatic imine (C=N–C) groups is 1. The summed E-state index contributed by atoms with van der Waals surface area (Å²) >= 11 is 0. The van der Waals surface area contributed by atoms with E-state index in [-0.39, 0.29) is 5.75 Å². The molecular formula is C16H17NO2. The van der Waals surface area contributed by atoms with Gasteiger partial charge in [-0.25, -0.2) is 0 Å². The molecule has 0 amide bonds. The van der Waals surface area contributed by atoms with Gasteiger partial charge in [-0.1, -0.05) is 6.07 Å². The molecule has 0 fully saturated rings. The molecule has 0 atom stereocenters. The number of nitrogens with zero attached hydrogens (tertiary/aromatic N) is 1. The van der Waals surface area contributed by atoms with Crippen molar-refractivity contribution < 1.29 is 9.84 Å². The number of phenolic OH excluding ortho intramolecular Hbond substituents is 1. The Bertz CT molecular complexity index is 618. The van der Waals surface area contributed by atoms with Gasteiger partial charge in [0.15, 0.2) is 0 Å². The minimum atomic E-state index is 0.188. The van der Waals surface area contributed by atoms with E-state index in [1.54, 1.807) is 31.5 Å². The number of rotatable bonds is 3. The summed E-state index contributed by atoms with van der Waals surface area (Å²) in [5.74, 6) is 0.882. The van der Waals surface area contributed by atoms with Gasteiger partial charge >= 0.3 is 0 Å². The quantitative estimate of drug-likeness (QED) is 0.848. The predicted octanol–water partition coefficient (Wildman–Crippen LogP) is 3.77. The third kappa shape index (κ3) is 3.13. The van der Waals surface area contributed by atoms with Crippen molar-refractivity contribution in [2.75, 3.05) is 7.11 Å². The fourth-order valence-electron chi connectivity index (χ4n) is 1.71. The van der Waals surface area contributed by atoms with Crippen molar-refractivity contribution in [3.8, 4) is 11.5 Å². The minimum Gasteiger partial charge on any atom is -0.507 e. The first-order valence-electron chi connectivity index (χ1n) is 6.08. The Morgan fingerprint density at radius 3 is 2.53 bits per heavy atom. The van der Waals surface area contributed by atoms with Gasteiger partial charge in [-0.05, 0) is 55.3 Å². The topological polar surface area (TPSA) is 41.8 Å². The van der Waals surface area contributed by atoms with E-state index in [4.69, 9.17) is 4.74 Å². The summed E-state index contributed by atoms with van der Waals surface area (Å²) in [6, 6.07) is 11.1. The van der Waals surface area contributed by atoms with Gasteiger partial charge in [-0.3, -0.25) is 4.99 Å². The Hall–Kier alpha value is -2.29. The van der Waals surface area contributed by atoms with Crippen molar-refractivity contribution in [3.63, 3.8) is 0 Å². The van der Waals surface area contributed by atoms with Crippen LogP contribution in [-0.4, -0.2) is 18.4 Å². The lowest BCUT2D eigenvalue weighted by Crippen LogP contribution is -1.87. The summed E-state index contributed by atoms with van der Waals surface area (Å²) in [7, 11) is 1.59. The molecule has 98 valence electrons. The highest BCUT2D eigenvalue weighted by Crippen LogP contribution is 2.23. The average molecular weight is 255 g/mol. The highest BCUT2D eigenvalue weighted by molar-refractivity contribution is 5.86. The highest BCUT2D eigenvalue weighted by Gasteiger charge is 2.01. The van der Waals surface area contributed by atoms with Gasteiger partial charge in [0.1, 0.15) is 11.5 Å². The Labute approximate surface area is 113 Å².